The van der Waals surface area contributed by atoms with Gasteiger partial charge in [0.05, 0.1) is 7.11 Å². The summed E-state index contributed by atoms with van der Waals surface area (Å²) in [6.07, 6.45) is 3.42. The first-order valence-corrected chi connectivity index (χ1v) is 3.85. The van der Waals surface area contributed by atoms with Crippen molar-refractivity contribution in [3.63, 3.8) is 0 Å². The van der Waals surface area contributed by atoms with E-state index in [1.54, 1.807) is 25.6 Å². The number of aromatic nitrogens is 2. The standard InChI is InChI=1S/C9H9N3O/c1-13-8-4-6-5-11-3-2-7(6)9(10)12-8/h2-5H,1H3,(H2,10,12). The first-order valence-electron chi connectivity index (χ1n) is 3.85. The van der Waals surface area contributed by atoms with Crippen LogP contribution in [-0.4, -0.2) is 17.1 Å². The largest absolute Gasteiger partial charge is 0.481 e. The van der Waals surface area contributed by atoms with Gasteiger partial charge in [0.25, 0.3) is 0 Å². The predicted molar refractivity (Wildman–Crippen MR) is 50.5 cm³/mol. The molecule has 13 heavy (non-hydrogen) atoms. The summed E-state index contributed by atoms with van der Waals surface area (Å²) in [6.45, 7) is 0. The minimum absolute atomic E-state index is 0.469. The molecule has 4 heteroatoms. The fourth-order valence-corrected chi connectivity index (χ4v) is 1.20. The highest BCUT2D eigenvalue weighted by atomic mass is 16.5. The third kappa shape index (κ3) is 1.26. The molecule has 0 aliphatic rings. The molecule has 0 unspecified atom stereocenters. The Morgan fingerprint density at radius 2 is 2.31 bits per heavy atom. The van der Waals surface area contributed by atoms with Crippen molar-refractivity contribution in [3.05, 3.63) is 24.5 Å². The van der Waals surface area contributed by atoms with Crippen molar-refractivity contribution in [3.8, 4) is 5.88 Å². The van der Waals surface area contributed by atoms with Gasteiger partial charge >= 0.3 is 0 Å². The zero-order chi connectivity index (χ0) is 9.26. The second kappa shape index (κ2) is 2.90. The van der Waals surface area contributed by atoms with Gasteiger partial charge in [-0.1, -0.05) is 0 Å². The lowest BCUT2D eigenvalue weighted by Gasteiger charge is -2.03. The zero-order valence-corrected chi connectivity index (χ0v) is 7.19. The normalized spacial score (nSPS) is 10.2. The molecule has 0 radical (unpaired) electrons. The number of nitrogen functional groups attached to an aromatic ring is 1. The van der Waals surface area contributed by atoms with E-state index in [1.807, 2.05) is 6.07 Å². The lowest BCUT2D eigenvalue weighted by atomic mass is 10.2. The number of nitrogens with zero attached hydrogens (tertiary/aromatic N) is 2. The molecule has 2 aromatic rings. The Kier molecular flexibility index (Phi) is 1.73. The monoisotopic (exact) mass is 175 g/mol. The van der Waals surface area contributed by atoms with Crippen molar-refractivity contribution in [2.45, 2.75) is 0 Å². The molecule has 0 aromatic carbocycles. The Morgan fingerprint density at radius 1 is 1.46 bits per heavy atom. The van der Waals surface area contributed by atoms with Crippen LogP contribution in [-0.2, 0) is 0 Å². The molecule has 0 saturated carbocycles. The van der Waals surface area contributed by atoms with Gasteiger partial charge in [0, 0.05) is 29.2 Å². The average molecular weight is 175 g/mol. The van der Waals surface area contributed by atoms with Gasteiger partial charge in [-0.3, -0.25) is 4.98 Å². The summed E-state index contributed by atoms with van der Waals surface area (Å²) in [6, 6.07) is 3.63. The molecule has 0 bridgehead atoms. The smallest absolute Gasteiger partial charge is 0.215 e. The lowest BCUT2D eigenvalue weighted by molar-refractivity contribution is 0.399. The summed E-state index contributed by atoms with van der Waals surface area (Å²) in [5, 5.41) is 1.84. The first-order chi connectivity index (χ1) is 6.31. The molecule has 0 aliphatic carbocycles. The number of nitrogens with two attached hydrogens (primary N) is 1. The van der Waals surface area contributed by atoms with Gasteiger partial charge in [-0.15, -0.1) is 0 Å². The maximum Gasteiger partial charge on any atom is 0.215 e. The first kappa shape index (κ1) is 7.79. The van der Waals surface area contributed by atoms with E-state index in [2.05, 4.69) is 9.97 Å². The van der Waals surface area contributed by atoms with E-state index >= 15 is 0 Å². The fraction of sp³-hybridized carbons (Fsp3) is 0.111. The molecule has 4 nitrogen and oxygen atoms in total. The molecule has 66 valence electrons. The molecule has 0 atom stereocenters. The van der Waals surface area contributed by atoms with E-state index < -0.39 is 0 Å². The van der Waals surface area contributed by atoms with Crippen LogP contribution in [0.5, 0.6) is 5.88 Å². The van der Waals surface area contributed by atoms with E-state index in [-0.39, 0.29) is 0 Å². The van der Waals surface area contributed by atoms with E-state index in [9.17, 15) is 0 Å². The zero-order valence-electron chi connectivity index (χ0n) is 7.19. The number of hydrogen-bond donors (Lipinski definition) is 1. The lowest BCUT2D eigenvalue weighted by Crippen LogP contribution is -1.95. The summed E-state index contributed by atoms with van der Waals surface area (Å²) < 4.78 is 4.98. The van der Waals surface area contributed by atoms with Crippen LogP contribution in [0.25, 0.3) is 10.8 Å². The third-order valence-corrected chi connectivity index (χ3v) is 1.85. The van der Waals surface area contributed by atoms with Crippen LogP contribution in [0.1, 0.15) is 0 Å². The van der Waals surface area contributed by atoms with Crippen molar-refractivity contribution >= 4 is 16.6 Å². The molecular weight excluding hydrogens is 166 g/mol. The number of anilines is 1. The Morgan fingerprint density at radius 3 is 3.08 bits per heavy atom. The molecule has 2 heterocycles. The molecule has 0 saturated heterocycles. The number of rotatable bonds is 1. The summed E-state index contributed by atoms with van der Waals surface area (Å²) >= 11 is 0. The predicted octanol–water partition coefficient (Wildman–Crippen LogP) is 1.22. The van der Waals surface area contributed by atoms with E-state index in [0.29, 0.717) is 11.7 Å². The van der Waals surface area contributed by atoms with E-state index in [4.69, 9.17) is 10.5 Å². The van der Waals surface area contributed by atoms with Crippen LogP contribution in [0.15, 0.2) is 24.5 Å². The van der Waals surface area contributed by atoms with Crippen molar-refractivity contribution < 1.29 is 4.74 Å². The quantitative estimate of drug-likeness (QED) is 0.707. The Hall–Kier alpha value is -1.84. The molecule has 0 spiro atoms. The maximum absolute atomic E-state index is 5.71. The number of fused-ring (bicyclic) bond motifs is 1. The molecule has 0 fully saturated rings. The van der Waals surface area contributed by atoms with Crippen molar-refractivity contribution in [2.24, 2.45) is 0 Å². The van der Waals surface area contributed by atoms with Crippen LogP contribution < -0.4 is 10.5 Å². The van der Waals surface area contributed by atoms with Gasteiger partial charge in [0.1, 0.15) is 5.82 Å². The summed E-state index contributed by atoms with van der Waals surface area (Å²) in [5.41, 5.74) is 5.71. The molecule has 0 amide bonds. The number of hydrogen-bond acceptors (Lipinski definition) is 4. The highest BCUT2D eigenvalue weighted by Crippen LogP contribution is 2.22. The van der Waals surface area contributed by atoms with Gasteiger partial charge < -0.3 is 10.5 Å². The Labute approximate surface area is 75.4 Å². The van der Waals surface area contributed by atoms with Crippen LogP contribution in [0.3, 0.4) is 0 Å². The highest BCUT2D eigenvalue weighted by Gasteiger charge is 2.01. The average Bonchev–Trinajstić information content (AvgIpc) is 2.18. The van der Waals surface area contributed by atoms with Gasteiger partial charge in [0.2, 0.25) is 5.88 Å². The second-order valence-corrected chi connectivity index (χ2v) is 2.65. The van der Waals surface area contributed by atoms with Gasteiger partial charge in [-0.2, -0.15) is 4.98 Å². The van der Waals surface area contributed by atoms with Crippen LogP contribution in [0.2, 0.25) is 0 Å². The van der Waals surface area contributed by atoms with Gasteiger partial charge in [-0.25, -0.2) is 0 Å². The Balaban J connectivity index is 2.77. The van der Waals surface area contributed by atoms with Crippen molar-refractivity contribution in [1.82, 2.24) is 9.97 Å². The van der Waals surface area contributed by atoms with Gasteiger partial charge in [0.15, 0.2) is 0 Å². The van der Waals surface area contributed by atoms with E-state index in [0.717, 1.165) is 10.8 Å². The SMILES string of the molecule is COc1cc2cnccc2c(N)n1. The van der Waals surface area contributed by atoms with Crippen LogP contribution >= 0.6 is 0 Å². The summed E-state index contributed by atoms with van der Waals surface area (Å²) in [7, 11) is 1.56. The van der Waals surface area contributed by atoms with Crippen LogP contribution in [0, 0.1) is 0 Å². The van der Waals surface area contributed by atoms with Gasteiger partial charge in [-0.05, 0) is 6.07 Å². The topological polar surface area (TPSA) is 61.0 Å². The van der Waals surface area contributed by atoms with Crippen molar-refractivity contribution in [1.29, 1.82) is 0 Å². The molecule has 0 aliphatic heterocycles. The highest BCUT2D eigenvalue weighted by molar-refractivity contribution is 5.90. The Bertz CT molecular complexity index is 442. The number of pyridine rings is 2. The minimum atomic E-state index is 0.469. The fourth-order valence-electron chi connectivity index (χ4n) is 1.20. The molecular formula is C9H9N3O. The number of methoxy groups -OCH3 is 1. The number of ether oxygens (including phenoxy) is 1. The molecule has 2 rings (SSSR count). The summed E-state index contributed by atoms with van der Waals surface area (Å²) in [5.74, 6) is 0.981. The van der Waals surface area contributed by atoms with E-state index in [1.165, 1.54) is 0 Å². The maximum atomic E-state index is 5.71. The summed E-state index contributed by atoms with van der Waals surface area (Å²) in [4.78, 5) is 8.04. The molecule has 2 N–H and O–H groups in total. The van der Waals surface area contributed by atoms with Crippen LogP contribution in [0.4, 0.5) is 5.82 Å². The van der Waals surface area contributed by atoms with Crippen molar-refractivity contribution in [2.75, 3.05) is 12.8 Å². The molecule has 2 aromatic heterocycles. The third-order valence-electron chi connectivity index (χ3n) is 1.85. The minimum Gasteiger partial charge on any atom is -0.481 e. The second-order valence-electron chi connectivity index (χ2n) is 2.65.